The predicted molar refractivity (Wildman–Crippen MR) is 42.5 cm³/mol. The summed E-state index contributed by atoms with van der Waals surface area (Å²) in [6.07, 6.45) is 0.826. The first-order valence-corrected chi connectivity index (χ1v) is 3.85. The van der Waals surface area contributed by atoms with Gasteiger partial charge in [0.1, 0.15) is 0 Å². The second-order valence-electron chi connectivity index (χ2n) is 2.00. The van der Waals surface area contributed by atoms with Crippen molar-refractivity contribution >= 4 is 10.0 Å². The Bertz CT molecular complexity index is 104. The lowest BCUT2D eigenvalue weighted by Crippen LogP contribution is -2.18. The number of rotatable bonds is 5. The Balaban J connectivity index is 3.28. The number of hydrogen-bond acceptors (Lipinski definition) is 1. The summed E-state index contributed by atoms with van der Waals surface area (Å²) in [6, 6.07) is 0.470. The molecule has 0 radical (unpaired) electrons. The third-order valence-electron chi connectivity index (χ3n) is 1.26. The van der Waals surface area contributed by atoms with Crippen molar-refractivity contribution in [3.63, 3.8) is 0 Å². The van der Waals surface area contributed by atoms with Gasteiger partial charge in [0, 0.05) is 13.7 Å². The van der Waals surface area contributed by atoms with Gasteiger partial charge in [-0.2, -0.15) is 0 Å². The summed E-state index contributed by atoms with van der Waals surface area (Å²) in [4.78, 5) is 2.14. The predicted octanol–water partition coefficient (Wildman–Crippen LogP) is 0.112. The van der Waals surface area contributed by atoms with Gasteiger partial charge >= 0.3 is 0 Å². The first-order valence-electron chi connectivity index (χ1n) is 4.64. The van der Waals surface area contributed by atoms with Crippen LogP contribution >= 0.6 is 0 Å². The Labute approximate surface area is 59.2 Å². The Kier molecular flexibility index (Phi) is 2.70. The standard InChI is InChI=1S/C6H17NSi/c1-3-7(2)5-4-6-8/h3-6H2,1-2,8H3/i8T3. The molecule has 1 nitrogen and oxygen atoms in total. The summed E-state index contributed by atoms with van der Waals surface area (Å²) >= 11 is 0. The Morgan fingerprint density at radius 1 is 1.75 bits per heavy atom. The van der Waals surface area contributed by atoms with E-state index in [-0.39, 0.29) is 0 Å². The van der Waals surface area contributed by atoms with E-state index < -0.39 is 10.0 Å². The molecular formula is C6H17NSi. The van der Waals surface area contributed by atoms with Gasteiger partial charge in [0.2, 0.25) is 0 Å². The summed E-state index contributed by atoms with van der Waals surface area (Å²) in [6.45, 7) is 4.00. The third-order valence-corrected chi connectivity index (χ3v) is 1.61. The van der Waals surface area contributed by atoms with Crippen LogP contribution in [0.4, 0.5) is 0 Å². The summed E-state index contributed by atoms with van der Waals surface area (Å²) in [7, 11) is -0.999. The maximum Gasteiger partial charge on any atom is 0.00729 e. The maximum atomic E-state index is 7.09. The molecule has 0 unspecified atom stereocenters. The molecule has 0 amide bonds. The summed E-state index contributed by atoms with van der Waals surface area (Å²) < 4.78 is 21.3. The molecular weight excluding hydrogens is 114 g/mol. The zero-order chi connectivity index (χ0) is 8.91. The number of hydrogen-bond donors (Lipinski definition) is 0. The molecule has 2 heteroatoms. The molecule has 0 aromatic heterocycles. The van der Waals surface area contributed by atoms with Crippen molar-refractivity contribution in [1.82, 2.24) is 4.90 Å². The molecule has 50 valence electrons. The van der Waals surface area contributed by atoms with Crippen LogP contribution < -0.4 is 0 Å². The number of nitrogens with zero attached hydrogens (tertiary/aromatic N) is 1. The van der Waals surface area contributed by atoms with Crippen LogP contribution in [-0.4, -0.2) is 38.8 Å². The first kappa shape index (κ1) is 4.07. The van der Waals surface area contributed by atoms with E-state index in [9.17, 15) is 0 Å². The minimum atomic E-state index is -3.01. The molecule has 0 heterocycles. The molecule has 0 atom stereocenters. The molecule has 0 aliphatic rings. The van der Waals surface area contributed by atoms with E-state index in [2.05, 4.69) is 11.8 Å². The molecule has 0 aliphatic carbocycles. The smallest absolute Gasteiger partial charge is 0.00729 e. The Hall–Kier alpha value is 0.177. The van der Waals surface area contributed by atoms with Crippen molar-refractivity contribution in [1.29, 1.82) is 3.70 Å². The zero-order valence-electron chi connectivity index (χ0n) is 8.78. The van der Waals surface area contributed by atoms with Gasteiger partial charge in [0.05, 0.1) is 0 Å². The van der Waals surface area contributed by atoms with E-state index in [0.29, 0.717) is 6.04 Å². The van der Waals surface area contributed by atoms with Crippen LogP contribution in [0.15, 0.2) is 0 Å². The van der Waals surface area contributed by atoms with Gasteiger partial charge in [-0.15, -0.1) is 0 Å². The first-order chi connectivity index (χ1) is 4.95. The van der Waals surface area contributed by atoms with Crippen molar-refractivity contribution in [3.8, 4) is 0 Å². The van der Waals surface area contributed by atoms with Crippen LogP contribution in [0, 0.1) is 0 Å². The highest BCUT2D eigenvalue weighted by atomic mass is 28.1. The van der Waals surface area contributed by atoms with Gasteiger partial charge in [-0.05, 0) is 26.6 Å². The molecule has 0 N–H and O–H groups in total. The fourth-order valence-corrected chi connectivity index (χ4v) is 0.665. The van der Waals surface area contributed by atoms with Crippen molar-refractivity contribution < 1.29 is 0 Å². The summed E-state index contributed by atoms with van der Waals surface area (Å²) in [5, 5.41) is 0. The molecule has 0 aromatic rings. The topological polar surface area (TPSA) is 3.24 Å². The van der Waals surface area contributed by atoms with Crippen LogP contribution in [0.1, 0.15) is 13.3 Å². The van der Waals surface area contributed by atoms with E-state index in [1.807, 2.05) is 7.05 Å². The van der Waals surface area contributed by atoms with Gasteiger partial charge < -0.3 is 4.90 Å². The highest BCUT2D eigenvalue weighted by molar-refractivity contribution is 6.08. The fraction of sp³-hybridized carbons (Fsp3) is 1.00. The second-order valence-corrected chi connectivity index (χ2v) is 2.50. The normalized spacial score (nSPS) is 17.6. The second kappa shape index (κ2) is 5.32. The largest absolute Gasteiger partial charge is 0.307 e. The molecule has 0 saturated heterocycles. The molecule has 0 aliphatic heterocycles. The van der Waals surface area contributed by atoms with Gasteiger partial charge in [0.15, 0.2) is 0 Å². The molecule has 0 bridgehead atoms. The maximum absolute atomic E-state index is 7.09. The van der Waals surface area contributed by atoms with Crippen molar-refractivity contribution in [2.45, 2.75) is 19.4 Å². The average molecular weight is 137 g/mol. The van der Waals surface area contributed by atoms with Crippen LogP contribution in [0.25, 0.3) is 0 Å². The molecule has 0 rings (SSSR count). The van der Waals surface area contributed by atoms with E-state index in [1.54, 1.807) is 0 Å². The SMILES string of the molecule is [3H][Si]([3H])([3H])CCCN(C)CC. The average Bonchev–Trinajstić information content (AvgIpc) is 1.85. The van der Waals surface area contributed by atoms with Gasteiger partial charge in [-0.1, -0.05) is 13.0 Å². The third kappa shape index (κ3) is 4.34. The minimum absolute atomic E-state index is 0.470. The molecule has 0 aromatic carbocycles. The van der Waals surface area contributed by atoms with Crippen LogP contribution in [0.2, 0.25) is 6.04 Å². The molecule has 0 spiro atoms. The van der Waals surface area contributed by atoms with Gasteiger partial charge in [0.25, 0.3) is 0 Å². The highest BCUT2D eigenvalue weighted by Gasteiger charge is 1.89. The molecule has 0 saturated carbocycles. The lowest BCUT2D eigenvalue weighted by Gasteiger charge is -2.11. The van der Waals surface area contributed by atoms with Crippen molar-refractivity contribution in [3.05, 3.63) is 0 Å². The molecule has 8 heavy (non-hydrogen) atoms. The van der Waals surface area contributed by atoms with E-state index in [4.69, 9.17) is 3.70 Å². The van der Waals surface area contributed by atoms with E-state index in [1.165, 1.54) is 0 Å². The summed E-state index contributed by atoms with van der Waals surface area (Å²) in [5.74, 6) is 0. The monoisotopic (exact) mass is 137 g/mol. The minimum Gasteiger partial charge on any atom is -0.307 e. The van der Waals surface area contributed by atoms with E-state index in [0.717, 1.165) is 19.5 Å². The van der Waals surface area contributed by atoms with Gasteiger partial charge in [-0.25, -0.2) is 0 Å². The van der Waals surface area contributed by atoms with Crippen molar-refractivity contribution in [2.75, 3.05) is 20.1 Å². The highest BCUT2D eigenvalue weighted by Crippen LogP contribution is 1.87. The fourth-order valence-electron chi connectivity index (χ4n) is 0.507. The summed E-state index contributed by atoms with van der Waals surface area (Å²) in [5.41, 5.74) is 0. The van der Waals surface area contributed by atoms with Crippen molar-refractivity contribution in [2.24, 2.45) is 0 Å². The van der Waals surface area contributed by atoms with Gasteiger partial charge in [-0.3, -0.25) is 0 Å². The lowest BCUT2D eigenvalue weighted by molar-refractivity contribution is 0.353. The Morgan fingerprint density at radius 3 is 3.00 bits per heavy atom. The van der Waals surface area contributed by atoms with Crippen LogP contribution in [0.5, 0.6) is 0 Å². The van der Waals surface area contributed by atoms with Crippen LogP contribution in [-0.2, 0) is 0 Å². The van der Waals surface area contributed by atoms with E-state index >= 15 is 0 Å². The quantitative estimate of drug-likeness (QED) is 0.486. The Morgan fingerprint density at radius 2 is 2.50 bits per heavy atom. The molecule has 0 fully saturated rings. The van der Waals surface area contributed by atoms with Crippen LogP contribution in [0.3, 0.4) is 0 Å². The lowest BCUT2D eigenvalue weighted by atomic mass is 10.4. The zero-order valence-corrected chi connectivity index (χ0v) is 6.78.